The Kier molecular flexibility index (Phi) is 7.51. The van der Waals surface area contributed by atoms with Crippen molar-refractivity contribution in [3.63, 3.8) is 0 Å². The molecule has 3 aliphatic heterocycles. The summed E-state index contributed by atoms with van der Waals surface area (Å²) in [6, 6.07) is 2.90. The van der Waals surface area contributed by atoms with E-state index in [1.807, 2.05) is 14.1 Å². The van der Waals surface area contributed by atoms with Gasteiger partial charge in [0, 0.05) is 18.7 Å². The van der Waals surface area contributed by atoms with Gasteiger partial charge in [-0.25, -0.2) is 4.98 Å². The summed E-state index contributed by atoms with van der Waals surface area (Å²) in [5.41, 5.74) is 4.99. The topological polar surface area (TPSA) is 92.9 Å². The van der Waals surface area contributed by atoms with Crippen LogP contribution in [0.4, 0.5) is 24.8 Å². The number of hydrogen-bond acceptors (Lipinski definition) is 9. The minimum absolute atomic E-state index is 0.00456. The summed E-state index contributed by atoms with van der Waals surface area (Å²) in [4.78, 5) is 20.3. The van der Waals surface area contributed by atoms with Crippen molar-refractivity contribution in [1.29, 1.82) is 0 Å². The average Bonchev–Trinajstić information content (AvgIpc) is 3.43. The van der Waals surface area contributed by atoms with E-state index in [4.69, 9.17) is 36.8 Å². The Morgan fingerprint density at radius 1 is 1.12 bits per heavy atom. The van der Waals surface area contributed by atoms with Gasteiger partial charge in [-0.15, -0.1) is 0 Å². The molecule has 3 aliphatic rings. The maximum absolute atomic E-state index is 14.3. The Bertz CT molecular complexity index is 1510. The number of nitrogens with two attached hydrogens (primary N) is 1. The molecule has 13 heteroatoms. The van der Waals surface area contributed by atoms with E-state index in [0.717, 1.165) is 45.3 Å². The quantitative estimate of drug-likeness (QED) is 0.398. The number of nitrogen functional groups attached to an aromatic ring is 1. The molecular formula is C29H35ClF3N7O2. The molecule has 0 atom stereocenters. The molecule has 1 aromatic carbocycles. The second kappa shape index (κ2) is 10.9. The number of pyridine rings is 1. The zero-order chi connectivity index (χ0) is 29.8. The first-order valence-electron chi connectivity index (χ1n) is 14.3. The molecule has 2 aromatic heterocycles. The lowest BCUT2D eigenvalue weighted by molar-refractivity contribution is -0.137. The lowest BCUT2D eigenvalue weighted by Gasteiger charge is -2.31. The second-order valence-electron chi connectivity index (χ2n) is 11.7. The van der Waals surface area contributed by atoms with Gasteiger partial charge in [0.1, 0.15) is 24.8 Å². The Labute approximate surface area is 247 Å². The highest BCUT2D eigenvalue weighted by Gasteiger charge is 2.45. The first-order chi connectivity index (χ1) is 20.0. The van der Waals surface area contributed by atoms with Gasteiger partial charge in [-0.2, -0.15) is 23.1 Å². The number of hydrogen-bond donors (Lipinski definition) is 1. The zero-order valence-corrected chi connectivity index (χ0v) is 24.8. The predicted molar refractivity (Wildman–Crippen MR) is 156 cm³/mol. The van der Waals surface area contributed by atoms with Crippen molar-refractivity contribution in [2.75, 3.05) is 70.7 Å². The molecule has 6 rings (SSSR count). The van der Waals surface area contributed by atoms with Gasteiger partial charge < -0.3 is 25.0 Å². The molecule has 0 spiro atoms. The Hall–Kier alpha value is -3.09. The van der Waals surface area contributed by atoms with Crippen LogP contribution in [0.2, 0.25) is 5.02 Å². The number of aryl methyl sites for hydroxylation is 1. The van der Waals surface area contributed by atoms with Crippen LogP contribution in [-0.4, -0.2) is 90.3 Å². The molecule has 226 valence electrons. The molecule has 0 bridgehead atoms. The monoisotopic (exact) mass is 605 g/mol. The van der Waals surface area contributed by atoms with E-state index in [9.17, 15) is 13.2 Å². The molecule has 9 nitrogen and oxygen atoms in total. The van der Waals surface area contributed by atoms with Gasteiger partial charge in [0.2, 0.25) is 0 Å². The zero-order valence-electron chi connectivity index (χ0n) is 24.0. The van der Waals surface area contributed by atoms with Crippen molar-refractivity contribution >= 4 is 34.1 Å². The van der Waals surface area contributed by atoms with Crippen LogP contribution in [-0.2, 0) is 6.18 Å². The number of benzene rings is 1. The molecule has 0 unspecified atom stereocenters. The number of likely N-dealkylation sites (N-methyl/N-ethyl adjacent to an activating group) is 1. The molecule has 42 heavy (non-hydrogen) atoms. The maximum Gasteiger partial charge on any atom is 0.418 e. The van der Waals surface area contributed by atoms with Crippen LogP contribution in [0.15, 0.2) is 12.1 Å². The third kappa shape index (κ3) is 5.17. The summed E-state index contributed by atoms with van der Waals surface area (Å²) in [5, 5.41) is 0.535. The predicted octanol–water partition coefficient (Wildman–Crippen LogP) is 5.02. The number of anilines is 2. The number of nitrogens with zero attached hydrogens (tertiary/aromatic N) is 6. The van der Waals surface area contributed by atoms with Crippen LogP contribution < -0.4 is 20.1 Å². The summed E-state index contributed by atoms with van der Waals surface area (Å²) in [5.74, 6) is 0.764. The molecular weight excluding hydrogens is 571 g/mol. The van der Waals surface area contributed by atoms with E-state index in [1.165, 1.54) is 19.1 Å². The normalized spacial score (nSPS) is 18.4. The number of rotatable bonds is 7. The van der Waals surface area contributed by atoms with Crippen LogP contribution >= 0.6 is 11.6 Å². The minimum atomic E-state index is -4.69. The number of ether oxygens (including phenoxy) is 2. The molecule has 0 saturated carbocycles. The van der Waals surface area contributed by atoms with E-state index < -0.39 is 11.7 Å². The number of fused-ring (bicyclic) bond motifs is 1. The largest absolute Gasteiger partial charge is 0.489 e. The Morgan fingerprint density at radius 2 is 1.86 bits per heavy atom. The molecule has 2 saturated heterocycles. The molecule has 2 fully saturated rings. The number of halogens is 4. The van der Waals surface area contributed by atoms with Gasteiger partial charge in [0.05, 0.1) is 39.3 Å². The summed E-state index contributed by atoms with van der Waals surface area (Å²) in [7, 11) is 3.98. The lowest BCUT2D eigenvalue weighted by Crippen LogP contribution is -2.43. The fraction of sp³-hybridized carbons (Fsp3) is 0.552. The van der Waals surface area contributed by atoms with Crippen LogP contribution in [0.5, 0.6) is 11.8 Å². The third-order valence-corrected chi connectivity index (χ3v) is 9.00. The van der Waals surface area contributed by atoms with Gasteiger partial charge in [-0.05, 0) is 77.5 Å². The molecule has 0 radical (unpaired) electrons. The van der Waals surface area contributed by atoms with E-state index in [-0.39, 0.29) is 51.6 Å². The summed E-state index contributed by atoms with van der Waals surface area (Å²) in [6.45, 7) is 6.08. The highest BCUT2D eigenvalue weighted by atomic mass is 35.5. The number of alkyl halides is 3. The van der Waals surface area contributed by atoms with Crippen molar-refractivity contribution < 1.29 is 22.6 Å². The van der Waals surface area contributed by atoms with Gasteiger partial charge in [-0.1, -0.05) is 11.6 Å². The Morgan fingerprint density at radius 3 is 2.55 bits per heavy atom. The maximum atomic E-state index is 14.3. The molecule has 0 amide bonds. The third-order valence-electron chi connectivity index (χ3n) is 8.62. The average molecular weight is 606 g/mol. The smallest absolute Gasteiger partial charge is 0.418 e. The van der Waals surface area contributed by atoms with Crippen molar-refractivity contribution in [3.8, 4) is 23.0 Å². The molecule has 2 N–H and O–H groups in total. The van der Waals surface area contributed by atoms with Crippen molar-refractivity contribution in [1.82, 2.24) is 24.8 Å². The molecule has 3 aromatic rings. The lowest BCUT2D eigenvalue weighted by atomic mass is 9.95. The minimum Gasteiger partial charge on any atom is -0.489 e. The fourth-order valence-electron chi connectivity index (χ4n) is 6.61. The van der Waals surface area contributed by atoms with Gasteiger partial charge in [-0.3, -0.25) is 4.90 Å². The van der Waals surface area contributed by atoms with E-state index in [2.05, 4.69) is 19.7 Å². The van der Waals surface area contributed by atoms with Crippen LogP contribution in [0, 0.1) is 6.92 Å². The van der Waals surface area contributed by atoms with Gasteiger partial charge in [0.25, 0.3) is 0 Å². The van der Waals surface area contributed by atoms with Crippen molar-refractivity contribution in [2.24, 2.45) is 0 Å². The van der Waals surface area contributed by atoms with Crippen LogP contribution in [0.3, 0.4) is 0 Å². The van der Waals surface area contributed by atoms with Crippen molar-refractivity contribution in [2.45, 2.75) is 44.3 Å². The standard InChI is InChI=1S/C29H35ClF3N7O2/c1-17-14-20(34)36-24(22(17)29(31,32)33)18-15-19-21-25(23(18)30)41-13-12-39(11-10-38(2)3)26(21)37-27(35-19)42-16-28-6-4-8-40(28)9-5-7-28/h14-15H,4-13,16H2,1-3H3,(H2,34,36). The summed E-state index contributed by atoms with van der Waals surface area (Å²) >= 11 is 6.86. The van der Waals surface area contributed by atoms with Crippen LogP contribution in [0.25, 0.3) is 22.2 Å². The van der Waals surface area contributed by atoms with Crippen molar-refractivity contribution in [3.05, 3.63) is 28.3 Å². The SMILES string of the molecule is Cc1cc(N)nc(-c2cc3nc(OCC45CCCN4CCC5)nc4c3c(c2Cl)OCCN4CCN(C)C)c1C(F)(F)F. The number of aromatic nitrogens is 3. The molecule has 5 heterocycles. The highest BCUT2D eigenvalue weighted by Crippen LogP contribution is 2.48. The fourth-order valence-corrected chi connectivity index (χ4v) is 6.91. The second-order valence-corrected chi connectivity index (χ2v) is 12.1. The van der Waals surface area contributed by atoms with E-state index >= 15 is 0 Å². The molecule has 0 aliphatic carbocycles. The first kappa shape index (κ1) is 29.0. The first-order valence-corrected chi connectivity index (χ1v) is 14.6. The van der Waals surface area contributed by atoms with Crippen LogP contribution in [0.1, 0.15) is 36.8 Å². The highest BCUT2D eigenvalue weighted by molar-refractivity contribution is 6.36. The summed E-state index contributed by atoms with van der Waals surface area (Å²) < 4.78 is 55.3. The van der Waals surface area contributed by atoms with E-state index in [1.54, 1.807) is 0 Å². The van der Waals surface area contributed by atoms with Gasteiger partial charge >= 0.3 is 12.2 Å². The Balaban J connectivity index is 1.52. The van der Waals surface area contributed by atoms with E-state index in [0.29, 0.717) is 36.4 Å². The van der Waals surface area contributed by atoms with Gasteiger partial charge in [0.15, 0.2) is 5.75 Å². The summed E-state index contributed by atoms with van der Waals surface area (Å²) in [6.07, 6.45) is -0.318.